The maximum atomic E-state index is 13.7. The molecule has 1 aromatic heterocycles. The summed E-state index contributed by atoms with van der Waals surface area (Å²) in [7, 11) is 0. The van der Waals surface area contributed by atoms with Crippen LogP contribution in [0.3, 0.4) is 0 Å². The first-order chi connectivity index (χ1) is 14.1. The zero-order valence-corrected chi connectivity index (χ0v) is 17.5. The van der Waals surface area contributed by atoms with Gasteiger partial charge in [-0.2, -0.15) is 5.10 Å². The number of aliphatic imine (C=N–C) groups is 1. The summed E-state index contributed by atoms with van der Waals surface area (Å²) in [6.07, 6.45) is 10.4. The van der Waals surface area contributed by atoms with Crippen LogP contribution in [-0.2, 0) is 6.54 Å². The fourth-order valence-electron chi connectivity index (χ4n) is 4.80. The van der Waals surface area contributed by atoms with Crippen molar-refractivity contribution in [3.8, 4) is 0 Å². The Kier molecular flexibility index (Phi) is 4.76. The molecule has 0 bridgehead atoms. The van der Waals surface area contributed by atoms with E-state index in [1.54, 1.807) is 0 Å². The SMILES string of the molecule is CC(C)CCn1ncc2c(C(=O)N(C3CC3)C3CCC4=C(C=NC4)C3)cccc21. The van der Waals surface area contributed by atoms with Crippen LogP contribution >= 0.6 is 0 Å². The number of aryl methyl sites for hydroxylation is 1. The first-order valence-electron chi connectivity index (χ1n) is 11.1. The number of nitrogens with zero attached hydrogens (tertiary/aromatic N) is 4. The molecule has 152 valence electrons. The van der Waals surface area contributed by atoms with E-state index in [2.05, 4.69) is 39.6 Å². The second-order valence-electron chi connectivity index (χ2n) is 9.23. The van der Waals surface area contributed by atoms with Gasteiger partial charge in [-0.25, -0.2) is 0 Å². The van der Waals surface area contributed by atoms with E-state index in [9.17, 15) is 4.79 Å². The fourth-order valence-corrected chi connectivity index (χ4v) is 4.80. The van der Waals surface area contributed by atoms with Gasteiger partial charge in [0.15, 0.2) is 0 Å². The Bertz CT molecular complexity index is 995. The number of carbonyl (C=O) groups is 1. The molecule has 2 aliphatic carbocycles. The van der Waals surface area contributed by atoms with Crippen molar-refractivity contribution in [2.75, 3.05) is 6.54 Å². The van der Waals surface area contributed by atoms with Gasteiger partial charge in [0.05, 0.1) is 23.8 Å². The molecule has 3 aliphatic rings. The van der Waals surface area contributed by atoms with Crippen LogP contribution in [0.2, 0.25) is 0 Å². The molecule has 2 heterocycles. The highest BCUT2D eigenvalue weighted by atomic mass is 16.2. The average molecular weight is 391 g/mol. The molecule has 0 saturated heterocycles. The molecule has 0 N–H and O–H groups in total. The van der Waals surface area contributed by atoms with Crippen LogP contribution in [0.15, 0.2) is 40.5 Å². The Hall–Kier alpha value is -2.43. The maximum absolute atomic E-state index is 13.7. The van der Waals surface area contributed by atoms with Crippen LogP contribution in [0, 0.1) is 5.92 Å². The molecular weight excluding hydrogens is 360 g/mol. The highest BCUT2D eigenvalue weighted by Crippen LogP contribution is 2.38. The number of rotatable bonds is 6. The van der Waals surface area contributed by atoms with E-state index in [-0.39, 0.29) is 5.91 Å². The van der Waals surface area contributed by atoms with Gasteiger partial charge < -0.3 is 4.90 Å². The number of hydrogen-bond donors (Lipinski definition) is 0. The quantitative estimate of drug-likeness (QED) is 0.723. The van der Waals surface area contributed by atoms with E-state index < -0.39 is 0 Å². The van der Waals surface area contributed by atoms with Gasteiger partial charge >= 0.3 is 0 Å². The summed E-state index contributed by atoms with van der Waals surface area (Å²) >= 11 is 0. The van der Waals surface area contributed by atoms with Crippen molar-refractivity contribution >= 4 is 23.0 Å². The van der Waals surface area contributed by atoms with Crippen LogP contribution in [0.1, 0.15) is 62.7 Å². The van der Waals surface area contributed by atoms with E-state index in [1.165, 1.54) is 11.1 Å². The third-order valence-electron chi connectivity index (χ3n) is 6.62. The molecule has 1 unspecified atom stereocenters. The van der Waals surface area contributed by atoms with Crippen LogP contribution < -0.4 is 0 Å². The number of benzene rings is 1. The zero-order chi connectivity index (χ0) is 20.0. The van der Waals surface area contributed by atoms with Gasteiger partial charge in [0.25, 0.3) is 5.91 Å². The summed E-state index contributed by atoms with van der Waals surface area (Å²) in [5.41, 5.74) is 4.74. The summed E-state index contributed by atoms with van der Waals surface area (Å²) in [4.78, 5) is 20.4. The molecule has 1 aromatic carbocycles. The lowest BCUT2D eigenvalue weighted by molar-refractivity contribution is 0.0647. The Morgan fingerprint density at radius 3 is 2.90 bits per heavy atom. The number of amides is 1. The normalized spacial score (nSPS) is 21.3. The average Bonchev–Trinajstić information content (AvgIpc) is 3.27. The van der Waals surface area contributed by atoms with Crippen molar-refractivity contribution in [3.05, 3.63) is 41.1 Å². The summed E-state index contributed by atoms with van der Waals surface area (Å²) in [6.45, 7) is 6.22. The molecule has 1 aliphatic heterocycles. The molecular formula is C24H30N4O. The topological polar surface area (TPSA) is 50.5 Å². The van der Waals surface area contributed by atoms with E-state index in [0.29, 0.717) is 18.0 Å². The van der Waals surface area contributed by atoms with Crippen molar-refractivity contribution < 1.29 is 4.79 Å². The molecule has 2 aromatic rings. The molecule has 5 nitrogen and oxygen atoms in total. The second-order valence-corrected chi connectivity index (χ2v) is 9.23. The van der Waals surface area contributed by atoms with E-state index in [1.807, 2.05) is 24.5 Å². The molecule has 1 saturated carbocycles. The number of carbonyl (C=O) groups excluding carboxylic acids is 1. The first-order valence-corrected chi connectivity index (χ1v) is 11.1. The molecule has 1 atom stereocenters. The van der Waals surface area contributed by atoms with Crippen molar-refractivity contribution in [2.24, 2.45) is 10.9 Å². The van der Waals surface area contributed by atoms with Crippen LogP contribution in [-0.4, -0.2) is 45.4 Å². The molecule has 0 radical (unpaired) electrons. The summed E-state index contributed by atoms with van der Waals surface area (Å²) < 4.78 is 2.06. The van der Waals surface area contributed by atoms with Crippen molar-refractivity contribution in [1.82, 2.24) is 14.7 Å². The summed E-state index contributed by atoms with van der Waals surface area (Å²) in [5, 5.41) is 5.60. The molecule has 5 heteroatoms. The van der Waals surface area contributed by atoms with Gasteiger partial charge in [-0.1, -0.05) is 19.9 Å². The van der Waals surface area contributed by atoms with Crippen molar-refractivity contribution in [2.45, 2.75) is 71.0 Å². The molecule has 1 amide bonds. The minimum absolute atomic E-state index is 0.186. The Morgan fingerprint density at radius 1 is 1.24 bits per heavy atom. The van der Waals surface area contributed by atoms with Gasteiger partial charge in [0.2, 0.25) is 0 Å². The Balaban J connectivity index is 1.44. The van der Waals surface area contributed by atoms with E-state index >= 15 is 0 Å². The maximum Gasteiger partial charge on any atom is 0.255 e. The van der Waals surface area contributed by atoms with Gasteiger partial charge in [-0.15, -0.1) is 0 Å². The molecule has 5 rings (SSSR count). The second kappa shape index (κ2) is 7.43. The van der Waals surface area contributed by atoms with Crippen molar-refractivity contribution in [3.63, 3.8) is 0 Å². The first kappa shape index (κ1) is 18.6. The molecule has 29 heavy (non-hydrogen) atoms. The van der Waals surface area contributed by atoms with E-state index in [4.69, 9.17) is 0 Å². The number of aromatic nitrogens is 2. The number of fused-ring (bicyclic) bond motifs is 1. The van der Waals surface area contributed by atoms with Gasteiger partial charge in [0, 0.05) is 30.2 Å². The Morgan fingerprint density at radius 2 is 2.10 bits per heavy atom. The minimum Gasteiger partial charge on any atom is -0.332 e. The summed E-state index contributed by atoms with van der Waals surface area (Å²) in [5.74, 6) is 0.819. The largest absolute Gasteiger partial charge is 0.332 e. The third kappa shape index (κ3) is 3.52. The van der Waals surface area contributed by atoms with Crippen LogP contribution in [0.5, 0.6) is 0 Å². The lowest BCUT2D eigenvalue weighted by Crippen LogP contribution is -2.43. The highest BCUT2D eigenvalue weighted by molar-refractivity contribution is 6.06. The third-order valence-corrected chi connectivity index (χ3v) is 6.62. The summed E-state index contributed by atoms with van der Waals surface area (Å²) in [6, 6.07) is 6.79. The van der Waals surface area contributed by atoms with Crippen LogP contribution in [0.25, 0.3) is 10.9 Å². The van der Waals surface area contributed by atoms with Crippen LogP contribution in [0.4, 0.5) is 0 Å². The van der Waals surface area contributed by atoms with Gasteiger partial charge in [0.1, 0.15) is 0 Å². The zero-order valence-electron chi connectivity index (χ0n) is 17.5. The van der Waals surface area contributed by atoms with E-state index in [0.717, 1.165) is 68.1 Å². The van der Waals surface area contributed by atoms with Gasteiger partial charge in [-0.05, 0) is 67.7 Å². The number of hydrogen-bond acceptors (Lipinski definition) is 3. The molecule has 1 fully saturated rings. The smallest absolute Gasteiger partial charge is 0.255 e. The predicted molar refractivity (Wildman–Crippen MR) is 116 cm³/mol. The standard InChI is InChI=1S/C24H30N4O/c1-16(2)10-11-27-23-5-3-4-21(22(23)15-26-27)24(29)28(19-8-9-19)20-7-6-17-13-25-14-18(17)12-20/h3-5,14-16,19-20H,6-13H2,1-2H3. The highest BCUT2D eigenvalue weighted by Gasteiger charge is 2.40. The Labute approximate surface area is 172 Å². The van der Waals surface area contributed by atoms with Crippen molar-refractivity contribution in [1.29, 1.82) is 0 Å². The van der Waals surface area contributed by atoms with Gasteiger partial charge in [-0.3, -0.25) is 14.5 Å². The minimum atomic E-state index is 0.186. The monoisotopic (exact) mass is 390 g/mol. The fraction of sp³-hybridized carbons (Fsp3) is 0.542. The lowest BCUT2D eigenvalue weighted by atomic mass is 9.88. The lowest BCUT2D eigenvalue weighted by Gasteiger charge is -2.35. The molecule has 0 spiro atoms. The predicted octanol–water partition coefficient (Wildman–Crippen LogP) is 4.62.